The normalized spacial score (nSPS) is 7.93. The van der Waals surface area contributed by atoms with E-state index in [4.69, 9.17) is 22.1 Å². The van der Waals surface area contributed by atoms with Crippen LogP contribution in [0.2, 0.25) is 5.02 Å². The summed E-state index contributed by atoms with van der Waals surface area (Å²) in [7, 11) is 0. The lowest BCUT2D eigenvalue weighted by Crippen LogP contribution is -1.82. The van der Waals surface area contributed by atoms with E-state index in [1.807, 2.05) is 12.1 Å². The molecular weight excluding hydrogens is 196 g/mol. The van der Waals surface area contributed by atoms with Crippen LogP contribution in [0.25, 0.3) is 0 Å². The predicted molar refractivity (Wildman–Crippen MR) is 53.3 cm³/mol. The Morgan fingerprint density at radius 1 is 1.21 bits per heavy atom. The second-order valence-electron chi connectivity index (χ2n) is 2.44. The molecule has 0 saturated carbocycles. The van der Waals surface area contributed by atoms with Crippen LogP contribution >= 0.6 is 11.6 Å². The molecule has 14 heavy (non-hydrogen) atoms. The first-order chi connectivity index (χ1) is 6.77. The van der Waals surface area contributed by atoms with Gasteiger partial charge in [-0.15, -0.1) is 0 Å². The second kappa shape index (κ2) is 4.93. The number of nitrogens with zero attached hydrogens (tertiary/aromatic N) is 2. The van der Waals surface area contributed by atoms with Gasteiger partial charge in [0, 0.05) is 10.6 Å². The summed E-state index contributed by atoms with van der Waals surface area (Å²) in [6.45, 7) is 0. The molecule has 0 spiro atoms. The van der Waals surface area contributed by atoms with Crippen molar-refractivity contribution in [1.82, 2.24) is 0 Å². The molecule has 0 aromatic heterocycles. The predicted octanol–water partition coefficient (Wildman–Crippen LogP) is 2.48. The van der Waals surface area contributed by atoms with Crippen molar-refractivity contribution in [2.45, 2.75) is 6.42 Å². The van der Waals surface area contributed by atoms with E-state index >= 15 is 0 Å². The summed E-state index contributed by atoms with van der Waals surface area (Å²) in [5, 5.41) is 17.6. The van der Waals surface area contributed by atoms with E-state index in [9.17, 15) is 0 Å². The zero-order valence-corrected chi connectivity index (χ0v) is 7.97. The summed E-state index contributed by atoms with van der Waals surface area (Å²) in [6, 6.07) is 8.77. The van der Waals surface area contributed by atoms with Gasteiger partial charge < -0.3 is 0 Å². The van der Waals surface area contributed by atoms with Crippen molar-refractivity contribution in [3.63, 3.8) is 0 Å². The number of rotatable bonds is 0. The van der Waals surface area contributed by atoms with Crippen molar-refractivity contribution in [2.75, 3.05) is 0 Å². The lowest BCUT2D eigenvalue weighted by molar-refractivity contribution is 1.39. The number of nitriles is 2. The molecule has 0 amide bonds. The van der Waals surface area contributed by atoms with Crippen molar-refractivity contribution in [3.8, 4) is 24.0 Å². The quantitative estimate of drug-likeness (QED) is 0.604. The lowest BCUT2D eigenvalue weighted by Gasteiger charge is -1.94. The van der Waals surface area contributed by atoms with E-state index in [1.165, 1.54) is 0 Å². The van der Waals surface area contributed by atoms with Crippen molar-refractivity contribution in [2.24, 2.45) is 0 Å². The smallest absolute Gasteiger partial charge is 0.100 e. The Kier molecular flexibility index (Phi) is 3.57. The van der Waals surface area contributed by atoms with Gasteiger partial charge >= 0.3 is 0 Å². The molecule has 3 heteroatoms. The minimum absolute atomic E-state index is 0.150. The third kappa shape index (κ3) is 2.53. The maximum atomic E-state index is 8.74. The maximum absolute atomic E-state index is 8.74. The summed E-state index contributed by atoms with van der Waals surface area (Å²) in [5.74, 6) is 5.36. The van der Waals surface area contributed by atoms with Crippen molar-refractivity contribution in [1.29, 1.82) is 10.5 Å². The van der Waals surface area contributed by atoms with Crippen molar-refractivity contribution in [3.05, 3.63) is 34.3 Å². The fourth-order valence-electron chi connectivity index (χ4n) is 0.896. The molecule has 1 aromatic carbocycles. The highest BCUT2D eigenvalue weighted by molar-refractivity contribution is 6.30. The number of halogens is 1. The van der Waals surface area contributed by atoms with Crippen LogP contribution in [-0.2, 0) is 0 Å². The highest BCUT2D eigenvalue weighted by atomic mass is 35.5. The molecule has 1 aromatic rings. The fraction of sp³-hybridized carbons (Fsp3) is 0.0909. The summed E-state index contributed by atoms with van der Waals surface area (Å²) in [5.41, 5.74) is 1.04. The molecule has 66 valence electrons. The summed E-state index contributed by atoms with van der Waals surface area (Å²) in [4.78, 5) is 0. The average molecular weight is 201 g/mol. The summed E-state index contributed by atoms with van der Waals surface area (Å²) in [6.07, 6.45) is 0.150. The van der Waals surface area contributed by atoms with Gasteiger partial charge in [0.1, 0.15) is 6.07 Å². The number of hydrogen-bond donors (Lipinski definition) is 0. The Morgan fingerprint density at radius 2 is 2.00 bits per heavy atom. The van der Waals surface area contributed by atoms with Gasteiger partial charge in [-0.25, -0.2) is 0 Å². The van der Waals surface area contributed by atoms with Gasteiger partial charge in [0.05, 0.1) is 18.1 Å². The summed E-state index contributed by atoms with van der Waals surface area (Å²) >= 11 is 5.74. The number of benzene rings is 1. The molecule has 0 unspecified atom stereocenters. The monoisotopic (exact) mass is 200 g/mol. The molecule has 0 bridgehead atoms. The molecule has 0 aliphatic carbocycles. The van der Waals surface area contributed by atoms with Crippen LogP contribution in [0.15, 0.2) is 18.2 Å². The molecule has 2 nitrogen and oxygen atoms in total. The molecule has 0 aliphatic heterocycles. The minimum atomic E-state index is 0.150. The van der Waals surface area contributed by atoms with Crippen LogP contribution in [0.5, 0.6) is 0 Å². The van der Waals surface area contributed by atoms with Gasteiger partial charge in [-0.3, -0.25) is 0 Å². The van der Waals surface area contributed by atoms with Gasteiger partial charge in [0.25, 0.3) is 0 Å². The van der Waals surface area contributed by atoms with Crippen LogP contribution in [-0.4, -0.2) is 0 Å². The maximum Gasteiger partial charge on any atom is 0.100 e. The first-order valence-electron chi connectivity index (χ1n) is 3.83. The van der Waals surface area contributed by atoms with E-state index in [2.05, 4.69) is 11.8 Å². The van der Waals surface area contributed by atoms with Crippen LogP contribution in [0, 0.1) is 34.5 Å². The third-order valence-corrected chi connectivity index (χ3v) is 1.73. The molecule has 0 heterocycles. The highest BCUT2D eigenvalue weighted by Crippen LogP contribution is 2.14. The molecule has 0 radical (unpaired) electrons. The van der Waals surface area contributed by atoms with Crippen LogP contribution in [0.1, 0.15) is 17.5 Å². The Morgan fingerprint density at radius 3 is 2.64 bits per heavy atom. The molecular formula is C11H5ClN2. The Bertz CT molecular complexity index is 481. The SMILES string of the molecule is N#CCC#Cc1cc(Cl)ccc1C#N. The van der Waals surface area contributed by atoms with Crippen molar-refractivity contribution >= 4 is 11.6 Å². The number of hydrogen-bond acceptors (Lipinski definition) is 2. The van der Waals surface area contributed by atoms with Gasteiger partial charge in [0.2, 0.25) is 0 Å². The Hall–Kier alpha value is -1.95. The average Bonchev–Trinajstić information content (AvgIpc) is 2.19. The van der Waals surface area contributed by atoms with E-state index in [0.29, 0.717) is 16.1 Å². The molecule has 0 fully saturated rings. The summed E-state index contributed by atoms with van der Waals surface area (Å²) < 4.78 is 0. The lowest BCUT2D eigenvalue weighted by atomic mass is 10.1. The standard InChI is InChI=1S/C11H5ClN2/c12-11-5-4-10(8-14)9(7-11)3-1-2-6-13/h4-5,7H,2H2. The van der Waals surface area contributed by atoms with Crippen LogP contribution in [0.3, 0.4) is 0 Å². The van der Waals surface area contributed by atoms with E-state index in [1.54, 1.807) is 18.2 Å². The van der Waals surface area contributed by atoms with E-state index in [0.717, 1.165) is 0 Å². The van der Waals surface area contributed by atoms with Crippen LogP contribution in [0.4, 0.5) is 0 Å². The first kappa shape index (κ1) is 10.1. The third-order valence-electron chi connectivity index (χ3n) is 1.49. The minimum Gasteiger partial charge on any atom is -0.197 e. The molecule has 0 N–H and O–H groups in total. The van der Waals surface area contributed by atoms with Crippen LogP contribution < -0.4 is 0 Å². The Labute approximate surface area is 87.3 Å². The zero-order chi connectivity index (χ0) is 10.4. The fourth-order valence-corrected chi connectivity index (χ4v) is 1.07. The van der Waals surface area contributed by atoms with Gasteiger partial charge in [-0.1, -0.05) is 23.4 Å². The first-order valence-corrected chi connectivity index (χ1v) is 4.21. The largest absolute Gasteiger partial charge is 0.197 e. The van der Waals surface area contributed by atoms with E-state index < -0.39 is 0 Å². The highest BCUT2D eigenvalue weighted by Gasteiger charge is 1.98. The topological polar surface area (TPSA) is 47.6 Å². The second-order valence-corrected chi connectivity index (χ2v) is 2.87. The van der Waals surface area contributed by atoms with Gasteiger partial charge in [-0.05, 0) is 18.2 Å². The van der Waals surface area contributed by atoms with E-state index in [-0.39, 0.29) is 6.42 Å². The molecule has 1 rings (SSSR count). The zero-order valence-electron chi connectivity index (χ0n) is 7.21. The van der Waals surface area contributed by atoms with Crippen molar-refractivity contribution < 1.29 is 0 Å². The van der Waals surface area contributed by atoms with Gasteiger partial charge in [-0.2, -0.15) is 10.5 Å². The molecule has 0 saturated heterocycles. The Balaban J connectivity index is 3.10. The molecule has 0 atom stereocenters. The molecule has 0 aliphatic rings. The van der Waals surface area contributed by atoms with Gasteiger partial charge in [0.15, 0.2) is 0 Å².